The summed E-state index contributed by atoms with van der Waals surface area (Å²) in [4.78, 5) is 12.7. The number of rotatable bonds is 8. The highest BCUT2D eigenvalue weighted by Gasteiger charge is 2.31. The second-order valence-electron chi connectivity index (χ2n) is 8.31. The molecule has 0 aromatic heterocycles. The number of carbonyl (C=O) groups is 1. The highest BCUT2D eigenvalue weighted by Crippen LogP contribution is 2.26. The van der Waals surface area contributed by atoms with Crippen molar-refractivity contribution in [3.05, 3.63) is 65.7 Å². The summed E-state index contributed by atoms with van der Waals surface area (Å²) in [6, 6.07) is 17.8. The molecule has 0 atom stereocenters. The Kier molecular flexibility index (Phi) is 7.67. The normalized spacial score (nSPS) is 16.0. The monoisotopic (exact) mass is 428 g/mol. The van der Waals surface area contributed by atoms with Crippen LogP contribution in [0, 0.1) is 5.92 Å². The summed E-state index contributed by atoms with van der Waals surface area (Å²) in [5.41, 5.74) is 3.13. The van der Waals surface area contributed by atoms with Crippen LogP contribution >= 0.6 is 0 Å². The van der Waals surface area contributed by atoms with Gasteiger partial charge < -0.3 is 5.32 Å². The fourth-order valence-electron chi connectivity index (χ4n) is 3.98. The van der Waals surface area contributed by atoms with Gasteiger partial charge in [-0.1, -0.05) is 62.4 Å². The number of nitrogens with one attached hydrogen (secondary N) is 1. The van der Waals surface area contributed by atoms with Crippen LogP contribution in [0.4, 0.5) is 5.69 Å². The molecule has 0 aliphatic carbocycles. The highest BCUT2D eigenvalue weighted by molar-refractivity contribution is 7.89. The molecular weight excluding hydrogens is 396 g/mol. The molecule has 162 valence electrons. The highest BCUT2D eigenvalue weighted by atomic mass is 32.2. The molecule has 5 nitrogen and oxygen atoms in total. The molecule has 1 N–H and O–H groups in total. The van der Waals surface area contributed by atoms with Crippen LogP contribution in [0.15, 0.2) is 54.6 Å². The van der Waals surface area contributed by atoms with Crippen LogP contribution in [-0.2, 0) is 21.2 Å². The predicted molar refractivity (Wildman–Crippen MR) is 122 cm³/mol. The third-order valence-corrected chi connectivity index (χ3v) is 7.73. The van der Waals surface area contributed by atoms with Crippen molar-refractivity contribution in [1.82, 2.24) is 4.31 Å². The number of nitrogens with zero attached hydrogens (tertiary/aromatic N) is 1. The van der Waals surface area contributed by atoms with E-state index in [1.54, 1.807) is 4.31 Å². The maximum absolute atomic E-state index is 12.7. The van der Waals surface area contributed by atoms with Gasteiger partial charge in [0.2, 0.25) is 15.9 Å². The summed E-state index contributed by atoms with van der Waals surface area (Å²) in [5, 5.41) is 3.06. The van der Waals surface area contributed by atoms with E-state index in [-0.39, 0.29) is 17.6 Å². The van der Waals surface area contributed by atoms with E-state index in [1.165, 1.54) is 0 Å². The fraction of sp³-hybridized carbons (Fsp3) is 0.458. The molecule has 6 heteroatoms. The first-order chi connectivity index (χ1) is 14.4. The maximum Gasteiger partial charge on any atom is 0.227 e. The van der Waals surface area contributed by atoms with E-state index in [1.807, 2.05) is 54.6 Å². The van der Waals surface area contributed by atoms with Crippen LogP contribution in [0.1, 0.15) is 50.2 Å². The van der Waals surface area contributed by atoms with Crippen LogP contribution < -0.4 is 5.32 Å². The molecule has 1 amide bonds. The Hall–Kier alpha value is -2.18. The van der Waals surface area contributed by atoms with Crippen LogP contribution in [0.2, 0.25) is 0 Å². The van der Waals surface area contributed by atoms with Crippen LogP contribution in [0.3, 0.4) is 0 Å². The Morgan fingerprint density at radius 2 is 1.67 bits per heavy atom. The smallest absolute Gasteiger partial charge is 0.227 e. The topological polar surface area (TPSA) is 66.5 Å². The molecule has 2 aromatic carbocycles. The van der Waals surface area contributed by atoms with Crippen LogP contribution in [0.5, 0.6) is 0 Å². The van der Waals surface area contributed by atoms with E-state index in [0.29, 0.717) is 38.3 Å². The van der Waals surface area contributed by atoms with Crippen molar-refractivity contribution in [3.8, 4) is 0 Å². The second kappa shape index (κ2) is 10.2. The van der Waals surface area contributed by atoms with Crippen molar-refractivity contribution in [2.24, 2.45) is 5.92 Å². The molecule has 0 saturated carbocycles. The van der Waals surface area contributed by atoms with Crippen LogP contribution in [-0.4, -0.2) is 37.5 Å². The van der Waals surface area contributed by atoms with Crippen molar-refractivity contribution in [3.63, 3.8) is 0 Å². The number of carbonyl (C=O) groups excluding carboxylic acids is 1. The van der Waals surface area contributed by atoms with E-state index in [4.69, 9.17) is 0 Å². The van der Waals surface area contributed by atoms with Gasteiger partial charge in [-0.2, -0.15) is 0 Å². The third-order valence-electron chi connectivity index (χ3n) is 5.77. The van der Waals surface area contributed by atoms with Crippen molar-refractivity contribution in [2.45, 2.75) is 45.4 Å². The number of hydrogen-bond acceptors (Lipinski definition) is 3. The van der Waals surface area contributed by atoms with Gasteiger partial charge in [0.25, 0.3) is 0 Å². The lowest BCUT2D eigenvalue weighted by Gasteiger charge is -2.30. The number of hydrogen-bond donors (Lipinski definition) is 1. The number of sulfonamides is 1. The number of aryl methyl sites for hydroxylation is 1. The Morgan fingerprint density at radius 3 is 2.33 bits per heavy atom. The summed E-state index contributed by atoms with van der Waals surface area (Å²) < 4.78 is 26.9. The second-order valence-corrected chi connectivity index (χ2v) is 10.4. The Balaban J connectivity index is 1.49. The minimum Gasteiger partial charge on any atom is -0.326 e. The quantitative estimate of drug-likeness (QED) is 0.677. The molecule has 3 rings (SSSR count). The van der Waals surface area contributed by atoms with Crippen molar-refractivity contribution >= 4 is 21.6 Å². The fourth-order valence-corrected chi connectivity index (χ4v) is 5.51. The number of anilines is 1. The molecule has 30 heavy (non-hydrogen) atoms. The van der Waals surface area contributed by atoms with Crippen molar-refractivity contribution < 1.29 is 13.2 Å². The minimum absolute atomic E-state index is 0.00998. The predicted octanol–water partition coefficient (Wildman–Crippen LogP) is 4.42. The summed E-state index contributed by atoms with van der Waals surface area (Å²) in [6.07, 6.45) is 2.49. The average Bonchev–Trinajstić information content (AvgIpc) is 2.74. The zero-order chi connectivity index (χ0) is 21.6. The lowest BCUT2D eigenvalue weighted by molar-refractivity contribution is -0.120. The molecule has 1 saturated heterocycles. The minimum atomic E-state index is -3.28. The van der Waals surface area contributed by atoms with E-state index in [0.717, 1.165) is 23.2 Å². The number of amides is 1. The van der Waals surface area contributed by atoms with Gasteiger partial charge in [-0.3, -0.25) is 4.79 Å². The van der Waals surface area contributed by atoms with E-state index in [2.05, 4.69) is 19.2 Å². The first kappa shape index (κ1) is 22.5. The van der Waals surface area contributed by atoms with Crippen molar-refractivity contribution in [1.29, 1.82) is 0 Å². The zero-order valence-electron chi connectivity index (χ0n) is 17.9. The standard InChI is InChI=1S/C24H32N2O3S/c1-19(2)22-12-6-7-13-23(22)25-24(27)21-14-16-26(17-15-21)30(28,29)18-8-11-20-9-4-3-5-10-20/h3-7,9-10,12-13,19,21H,8,11,14-18H2,1-2H3,(H,25,27). The maximum atomic E-state index is 12.7. The van der Waals surface area contributed by atoms with Gasteiger partial charge in [-0.25, -0.2) is 12.7 Å². The Morgan fingerprint density at radius 1 is 1.03 bits per heavy atom. The molecule has 0 radical (unpaired) electrons. The first-order valence-corrected chi connectivity index (χ1v) is 12.4. The summed E-state index contributed by atoms with van der Waals surface area (Å²) >= 11 is 0. The van der Waals surface area contributed by atoms with E-state index >= 15 is 0 Å². The molecule has 1 aliphatic rings. The molecule has 2 aromatic rings. The lowest BCUT2D eigenvalue weighted by Crippen LogP contribution is -2.42. The molecule has 0 bridgehead atoms. The van der Waals surface area contributed by atoms with Gasteiger partial charge in [0.15, 0.2) is 0 Å². The van der Waals surface area contributed by atoms with E-state index < -0.39 is 10.0 Å². The molecular formula is C24H32N2O3S. The summed E-state index contributed by atoms with van der Waals surface area (Å²) in [7, 11) is -3.28. The number of para-hydroxylation sites is 1. The largest absolute Gasteiger partial charge is 0.326 e. The average molecular weight is 429 g/mol. The summed E-state index contributed by atoms with van der Waals surface area (Å²) in [5.74, 6) is 0.315. The van der Waals surface area contributed by atoms with Gasteiger partial charge in [-0.15, -0.1) is 0 Å². The Labute approximate surface area is 180 Å². The molecule has 0 unspecified atom stereocenters. The molecule has 0 spiro atoms. The summed E-state index contributed by atoms with van der Waals surface area (Å²) in [6.45, 7) is 5.04. The van der Waals surface area contributed by atoms with Gasteiger partial charge in [0, 0.05) is 24.7 Å². The van der Waals surface area contributed by atoms with Gasteiger partial charge >= 0.3 is 0 Å². The molecule has 1 aliphatic heterocycles. The molecule has 1 heterocycles. The zero-order valence-corrected chi connectivity index (χ0v) is 18.7. The lowest BCUT2D eigenvalue weighted by atomic mass is 9.96. The van der Waals surface area contributed by atoms with Crippen LogP contribution in [0.25, 0.3) is 0 Å². The van der Waals surface area contributed by atoms with Gasteiger partial charge in [0.05, 0.1) is 5.75 Å². The Bertz CT molecular complexity index is 934. The first-order valence-electron chi connectivity index (χ1n) is 10.8. The SMILES string of the molecule is CC(C)c1ccccc1NC(=O)C1CCN(S(=O)(=O)CCCc2ccccc2)CC1. The number of piperidine rings is 1. The number of benzene rings is 2. The van der Waals surface area contributed by atoms with Crippen molar-refractivity contribution in [2.75, 3.05) is 24.2 Å². The molecule has 1 fully saturated rings. The van der Waals surface area contributed by atoms with Gasteiger partial charge in [-0.05, 0) is 48.8 Å². The third kappa shape index (κ3) is 5.92. The van der Waals surface area contributed by atoms with E-state index in [9.17, 15) is 13.2 Å². The van der Waals surface area contributed by atoms with Gasteiger partial charge in [0.1, 0.15) is 0 Å².